The number of fused-ring (bicyclic) bond motifs is 4. The maximum Gasteiger partial charge on any atom is 0.303 e. The molecule has 0 spiro atoms. The first-order valence-corrected chi connectivity index (χ1v) is 8.74. The Morgan fingerprint density at radius 2 is 2.08 bits per heavy atom. The number of benzene rings is 1. The lowest BCUT2D eigenvalue weighted by molar-refractivity contribution is -0.143. The van der Waals surface area contributed by atoms with Crippen LogP contribution in [0.15, 0.2) is 18.2 Å². The van der Waals surface area contributed by atoms with E-state index in [9.17, 15) is 14.7 Å². The summed E-state index contributed by atoms with van der Waals surface area (Å²) >= 11 is 0. The Morgan fingerprint density at radius 3 is 2.76 bits per heavy atom. The van der Waals surface area contributed by atoms with E-state index in [0.717, 1.165) is 24.9 Å². The van der Waals surface area contributed by atoms with Crippen LogP contribution in [0.25, 0.3) is 0 Å². The Kier molecular flexibility index (Phi) is 4.49. The molecule has 0 radical (unpaired) electrons. The first kappa shape index (κ1) is 17.7. The van der Waals surface area contributed by atoms with Crippen molar-refractivity contribution in [2.45, 2.75) is 50.1 Å². The summed E-state index contributed by atoms with van der Waals surface area (Å²) in [5.74, 6) is -0.845. The van der Waals surface area contributed by atoms with Gasteiger partial charge in [-0.15, -0.1) is 0 Å². The van der Waals surface area contributed by atoms with Gasteiger partial charge in [0, 0.05) is 24.9 Å². The Hall–Kier alpha value is -2.08. The third kappa shape index (κ3) is 2.99. The number of hydrogen-bond donors (Lipinski definition) is 2. The fourth-order valence-electron chi connectivity index (χ4n) is 4.68. The number of aliphatic carboxylic acids is 1. The molecular formula is C19H26N2O4. The molecule has 2 aliphatic rings. The van der Waals surface area contributed by atoms with Crippen molar-refractivity contribution in [1.82, 2.24) is 9.80 Å². The highest BCUT2D eigenvalue weighted by Crippen LogP contribution is 2.47. The van der Waals surface area contributed by atoms with Gasteiger partial charge in [0.25, 0.3) is 0 Å². The van der Waals surface area contributed by atoms with Gasteiger partial charge in [-0.25, -0.2) is 0 Å². The third-order valence-electron chi connectivity index (χ3n) is 6.07. The summed E-state index contributed by atoms with van der Waals surface area (Å²) in [6, 6.07) is 5.69. The minimum Gasteiger partial charge on any atom is -0.508 e. The van der Waals surface area contributed by atoms with Crippen molar-refractivity contribution in [3.05, 3.63) is 29.3 Å². The van der Waals surface area contributed by atoms with E-state index in [4.69, 9.17) is 5.11 Å². The van der Waals surface area contributed by atoms with Crippen LogP contribution < -0.4 is 0 Å². The van der Waals surface area contributed by atoms with E-state index in [2.05, 4.69) is 18.9 Å². The molecule has 25 heavy (non-hydrogen) atoms. The summed E-state index contributed by atoms with van der Waals surface area (Å²) in [4.78, 5) is 27.4. The summed E-state index contributed by atoms with van der Waals surface area (Å²) in [6.45, 7) is 3.10. The molecule has 1 saturated heterocycles. The predicted molar refractivity (Wildman–Crippen MR) is 93.6 cm³/mol. The fraction of sp³-hybridized carbons (Fsp3) is 0.579. The van der Waals surface area contributed by atoms with Crippen LogP contribution >= 0.6 is 0 Å². The van der Waals surface area contributed by atoms with Crippen molar-refractivity contribution in [2.75, 3.05) is 20.6 Å². The van der Waals surface area contributed by atoms with Crippen LogP contribution in [0.1, 0.15) is 37.3 Å². The zero-order valence-electron chi connectivity index (χ0n) is 15.0. The molecule has 1 aromatic rings. The topological polar surface area (TPSA) is 81.1 Å². The van der Waals surface area contributed by atoms with Crippen molar-refractivity contribution in [1.29, 1.82) is 0 Å². The summed E-state index contributed by atoms with van der Waals surface area (Å²) in [5.41, 5.74) is 2.08. The van der Waals surface area contributed by atoms with E-state index >= 15 is 0 Å². The van der Waals surface area contributed by atoms with Gasteiger partial charge in [-0.2, -0.15) is 0 Å². The molecule has 0 aromatic heterocycles. The first-order chi connectivity index (χ1) is 11.7. The van der Waals surface area contributed by atoms with Crippen molar-refractivity contribution in [3.8, 4) is 5.75 Å². The maximum atomic E-state index is 12.6. The highest BCUT2D eigenvalue weighted by atomic mass is 16.4. The Bertz CT molecular complexity index is 705. The van der Waals surface area contributed by atoms with Gasteiger partial charge in [0.15, 0.2) is 0 Å². The molecular weight excluding hydrogens is 320 g/mol. The molecule has 3 rings (SSSR count). The maximum absolute atomic E-state index is 12.6. The molecule has 0 saturated carbocycles. The van der Waals surface area contributed by atoms with Crippen molar-refractivity contribution in [2.24, 2.45) is 0 Å². The second-order valence-corrected chi connectivity index (χ2v) is 7.60. The van der Waals surface area contributed by atoms with E-state index in [1.807, 2.05) is 12.1 Å². The first-order valence-electron chi connectivity index (χ1n) is 8.74. The Balaban J connectivity index is 1.98. The zero-order valence-corrected chi connectivity index (χ0v) is 15.0. The Labute approximate surface area is 148 Å². The molecule has 1 amide bonds. The molecule has 6 heteroatoms. The zero-order chi connectivity index (χ0) is 18.4. The molecule has 6 nitrogen and oxygen atoms in total. The molecule has 2 N–H and O–H groups in total. The number of phenols is 1. The van der Waals surface area contributed by atoms with Gasteiger partial charge in [-0.1, -0.05) is 13.0 Å². The number of aromatic hydroxyl groups is 1. The number of carboxylic acids is 1. The van der Waals surface area contributed by atoms with Gasteiger partial charge >= 0.3 is 5.97 Å². The van der Waals surface area contributed by atoms with Gasteiger partial charge in [-0.05, 0) is 49.7 Å². The van der Waals surface area contributed by atoms with E-state index in [-0.39, 0.29) is 42.0 Å². The number of likely N-dealkylation sites (N-methyl/N-ethyl adjacent to an activating group) is 2. The predicted octanol–water partition coefficient (Wildman–Crippen LogP) is 1.60. The molecule has 2 bridgehead atoms. The highest BCUT2D eigenvalue weighted by molar-refractivity contribution is 5.81. The number of nitrogens with zero attached hydrogens (tertiary/aromatic N) is 2. The lowest BCUT2D eigenvalue weighted by Gasteiger charge is -2.57. The standard InChI is InChI=1S/C19H26N2O4/c1-19-8-9-20(2)15(10-12-4-5-13(22)11-14(12)19)18(19)21(3)16(23)6-7-17(24)25/h4-5,11,15,18,22H,6-10H2,1-3H3,(H,24,25)/t15?,18-,19+/m0/s1. The lowest BCUT2D eigenvalue weighted by Crippen LogP contribution is -2.67. The van der Waals surface area contributed by atoms with Crippen molar-refractivity contribution in [3.63, 3.8) is 0 Å². The number of likely N-dealkylation sites (tertiary alicyclic amines) is 1. The Morgan fingerprint density at radius 1 is 1.36 bits per heavy atom. The van der Waals surface area contributed by atoms with Crippen LogP contribution in [0.3, 0.4) is 0 Å². The van der Waals surface area contributed by atoms with E-state index in [1.54, 1.807) is 18.0 Å². The molecule has 1 aliphatic carbocycles. The fourth-order valence-corrected chi connectivity index (χ4v) is 4.68. The minimum atomic E-state index is -0.954. The van der Waals surface area contributed by atoms with Gasteiger partial charge in [0.05, 0.1) is 12.5 Å². The summed E-state index contributed by atoms with van der Waals surface area (Å²) in [6.07, 6.45) is 1.58. The van der Waals surface area contributed by atoms with Crippen LogP contribution in [0.2, 0.25) is 0 Å². The second-order valence-electron chi connectivity index (χ2n) is 7.60. The number of hydrogen-bond acceptors (Lipinski definition) is 4. The van der Waals surface area contributed by atoms with E-state index in [0.29, 0.717) is 0 Å². The van der Waals surface area contributed by atoms with Gasteiger partial charge in [-0.3, -0.25) is 9.59 Å². The summed E-state index contributed by atoms with van der Waals surface area (Å²) < 4.78 is 0. The second kappa shape index (κ2) is 6.33. The molecule has 1 heterocycles. The van der Waals surface area contributed by atoms with Crippen LogP contribution in [0, 0.1) is 0 Å². The van der Waals surface area contributed by atoms with Gasteiger partial charge in [0.2, 0.25) is 5.91 Å². The van der Waals surface area contributed by atoms with Crippen molar-refractivity contribution >= 4 is 11.9 Å². The number of amides is 1. The average molecular weight is 346 g/mol. The number of piperidine rings is 1. The monoisotopic (exact) mass is 346 g/mol. The smallest absolute Gasteiger partial charge is 0.303 e. The minimum absolute atomic E-state index is 0.0156. The molecule has 1 fully saturated rings. The molecule has 1 aromatic carbocycles. The number of phenolic OH excluding ortho intramolecular Hbond substituents is 1. The van der Waals surface area contributed by atoms with Crippen LogP contribution in [-0.4, -0.2) is 64.6 Å². The number of carboxylic acid groups (broad SMARTS) is 1. The van der Waals surface area contributed by atoms with Crippen molar-refractivity contribution < 1.29 is 19.8 Å². The number of carbonyl (C=O) groups excluding carboxylic acids is 1. The quantitative estimate of drug-likeness (QED) is 0.865. The average Bonchev–Trinajstić information content (AvgIpc) is 2.56. The van der Waals surface area contributed by atoms with Gasteiger partial charge in [0.1, 0.15) is 5.75 Å². The summed E-state index contributed by atoms with van der Waals surface area (Å²) in [5, 5.41) is 18.8. The SMILES string of the molecule is CN1CC[C@]2(C)c3cc(O)ccc3CC1[C@@H]2N(C)C(=O)CCC(=O)O. The van der Waals surface area contributed by atoms with E-state index in [1.165, 1.54) is 5.56 Å². The lowest BCUT2D eigenvalue weighted by atomic mass is 9.61. The van der Waals surface area contributed by atoms with Crippen LogP contribution in [0.4, 0.5) is 0 Å². The molecule has 136 valence electrons. The molecule has 3 atom stereocenters. The third-order valence-corrected chi connectivity index (χ3v) is 6.07. The van der Waals surface area contributed by atoms with Gasteiger partial charge < -0.3 is 20.0 Å². The molecule has 1 unspecified atom stereocenters. The highest BCUT2D eigenvalue weighted by Gasteiger charge is 2.52. The largest absolute Gasteiger partial charge is 0.508 e. The van der Waals surface area contributed by atoms with Crippen LogP contribution in [0.5, 0.6) is 5.75 Å². The normalized spacial score (nSPS) is 28.3. The summed E-state index contributed by atoms with van der Waals surface area (Å²) in [7, 11) is 3.87. The number of rotatable bonds is 4. The number of carbonyl (C=O) groups is 2. The van der Waals surface area contributed by atoms with Crippen LogP contribution in [-0.2, 0) is 21.4 Å². The van der Waals surface area contributed by atoms with E-state index < -0.39 is 5.97 Å². The molecule has 1 aliphatic heterocycles.